The summed E-state index contributed by atoms with van der Waals surface area (Å²) in [6, 6.07) is 5.51. The number of sulfone groups is 1. The molecule has 0 aliphatic heterocycles. The van der Waals surface area contributed by atoms with E-state index in [1.54, 1.807) is 12.1 Å². The highest BCUT2D eigenvalue weighted by molar-refractivity contribution is 7.91. The molecule has 0 spiro atoms. The van der Waals surface area contributed by atoms with Crippen LogP contribution in [0, 0.1) is 0 Å². The molecular weight excluding hydrogens is 286 g/mol. The fourth-order valence-corrected chi connectivity index (χ4v) is 2.55. The van der Waals surface area contributed by atoms with Gasteiger partial charge in [-0.1, -0.05) is 13.3 Å². The predicted octanol–water partition coefficient (Wildman–Crippen LogP) is 2.25. The van der Waals surface area contributed by atoms with E-state index in [1.807, 2.05) is 4.90 Å². The van der Waals surface area contributed by atoms with E-state index in [-0.39, 0.29) is 4.90 Å². The van der Waals surface area contributed by atoms with Gasteiger partial charge in [0, 0.05) is 25.3 Å². The molecule has 1 aromatic carbocycles. The summed E-state index contributed by atoms with van der Waals surface area (Å²) in [6.45, 7) is 3.98. The lowest BCUT2D eigenvalue weighted by Crippen LogP contribution is -2.30. The van der Waals surface area contributed by atoms with E-state index in [0.717, 1.165) is 25.1 Å². The quantitative estimate of drug-likeness (QED) is 0.800. The summed E-state index contributed by atoms with van der Waals surface area (Å²) < 4.78 is 47.5. The number of alkyl halides is 2. The van der Waals surface area contributed by atoms with Gasteiger partial charge in [0.1, 0.15) is 0 Å². The number of benzene rings is 1. The number of nitrogens with two attached hydrogens (primary N) is 1. The fourth-order valence-electron chi connectivity index (χ4n) is 1.82. The van der Waals surface area contributed by atoms with Crippen LogP contribution in [-0.2, 0) is 9.84 Å². The zero-order valence-corrected chi connectivity index (χ0v) is 12.2. The molecule has 0 aromatic heterocycles. The van der Waals surface area contributed by atoms with Gasteiger partial charge in [-0.05, 0) is 30.7 Å². The molecule has 1 aromatic rings. The average molecular weight is 306 g/mol. The first-order chi connectivity index (χ1) is 9.43. The molecule has 0 fully saturated rings. The van der Waals surface area contributed by atoms with Crippen LogP contribution in [0.15, 0.2) is 29.2 Å². The molecular formula is C13H20F2N2O2S. The maximum Gasteiger partial charge on any atom is 0.341 e. The second-order valence-electron chi connectivity index (χ2n) is 4.43. The molecule has 0 bridgehead atoms. The molecule has 0 atom stereocenters. The lowest BCUT2D eigenvalue weighted by Gasteiger charge is -2.24. The molecule has 7 heteroatoms. The van der Waals surface area contributed by atoms with Crippen molar-refractivity contribution >= 4 is 15.5 Å². The van der Waals surface area contributed by atoms with Gasteiger partial charge in [0.2, 0.25) is 9.84 Å². The maximum atomic E-state index is 12.4. The standard InChI is InChI=1S/C13H20F2N2O2S/c1-2-3-9-17(10-8-16)11-4-6-12(7-5-11)20(18,19)13(14)15/h4-7,13H,2-3,8-10,16H2,1H3. The first-order valence-corrected chi connectivity index (χ1v) is 8.05. The summed E-state index contributed by atoms with van der Waals surface area (Å²) in [4.78, 5) is 1.65. The molecule has 4 nitrogen and oxygen atoms in total. The Bertz CT molecular complexity index is 504. The Labute approximate surface area is 118 Å². The van der Waals surface area contributed by atoms with Crippen LogP contribution in [0.4, 0.5) is 14.5 Å². The monoisotopic (exact) mass is 306 g/mol. The molecule has 0 radical (unpaired) electrons. The van der Waals surface area contributed by atoms with Crippen molar-refractivity contribution in [3.05, 3.63) is 24.3 Å². The largest absolute Gasteiger partial charge is 0.370 e. The SMILES string of the molecule is CCCCN(CCN)c1ccc(S(=O)(=O)C(F)F)cc1. The Morgan fingerprint density at radius 2 is 1.80 bits per heavy atom. The normalized spacial score (nSPS) is 11.8. The van der Waals surface area contributed by atoms with Crippen molar-refractivity contribution in [3.8, 4) is 0 Å². The highest BCUT2D eigenvalue weighted by atomic mass is 32.2. The van der Waals surface area contributed by atoms with Gasteiger partial charge in [-0.15, -0.1) is 0 Å². The van der Waals surface area contributed by atoms with Crippen LogP contribution in [0.1, 0.15) is 19.8 Å². The van der Waals surface area contributed by atoms with Crippen molar-refractivity contribution in [1.29, 1.82) is 0 Å². The third-order valence-electron chi connectivity index (χ3n) is 2.95. The fraction of sp³-hybridized carbons (Fsp3) is 0.538. The minimum atomic E-state index is -4.53. The van der Waals surface area contributed by atoms with Gasteiger partial charge in [-0.25, -0.2) is 8.42 Å². The van der Waals surface area contributed by atoms with E-state index in [1.165, 1.54) is 12.1 Å². The van der Waals surface area contributed by atoms with Crippen molar-refractivity contribution in [1.82, 2.24) is 0 Å². The van der Waals surface area contributed by atoms with Crippen molar-refractivity contribution in [2.24, 2.45) is 5.73 Å². The second kappa shape index (κ2) is 7.54. The maximum absolute atomic E-state index is 12.4. The van der Waals surface area contributed by atoms with Crippen LogP contribution in [0.3, 0.4) is 0 Å². The molecule has 114 valence electrons. The number of nitrogens with zero attached hydrogens (tertiary/aromatic N) is 1. The van der Waals surface area contributed by atoms with Crippen molar-refractivity contribution in [2.45, 2.75) is 30.4 Å². The highest BCUT2D eigenvalue weighted by Gasteiger charge is 2.26. The molecule has 0 aliphatic rings. The number of hydrogen-bond donors (Lipinski definition) is 1. The topological polar surface area (TPSA) is 63.4 Å². The first kappa shape index (κ1) is 16.8. The molecule has 2 N–H and O–H groups in total. The van der Waals surface area contributed by atoms with E-state index >= 15 is 0 Å². The summed E-state index contributed by atoms with van der Waals surface area (Å²) in [5, 5.41) is 0. The van der Waals surface area contributed by atoms with Crippen LogP contribution in [-0.4, -0.2) is 33.8 Å². The van der Waals surface area contributed by atoms with Gasteiger partial charge in [0.05, 0.1) is 4.90 Å². The Morgan fingerprint density at radius 1 is 1.20 bits per heavy atom. The van der Waals surface area contributed by atoms with E-state index in [2.05, 4.69) is 6.92 Å². The Balaban J connectivity index is 2.93. The van der Waals surface area contributed by atoms with Gasteiger partial charge in [-0.3, -0.25) is 0 Å². The summed E-state index contributed by atoms with van der Waals surface area (Å²) in [5.41, 5.74) is 6.33. The predicted molar refractivity (Wildman–Crippen MR) is 75.8 cm³/mol. The number of halogens is 2. The summed E-state index contributed by atoms with van der Waals surface area (Å²) in [7, 11) is -4.53. The molecule has 0 saturated carbocycles. The molecule has 0 heterocycles. The Morgan fingerprint density at radius 3 is 2.25 bits per heavy atom. The Kier molecular flexibility index (Phi) is 6.35. The van der Waals surface area contributed by atoms with Crippen molar-refractivity contribution in [3.63, 3.8) is 0 Å². The smallest absolute Gasteiger partial charge is 0.341 e. The molecule has 0 unspecified atom stereocenters. The van der Waals surface area contributed by atoms with Crippen molar-refractivity contribution in [2.75, 3.05) is 24.5 Å². The van der Waals surface area contributed by atoms with Crippen LogP contribution in [0.2, 0.25) is 0 Å². The lowest BCUT2D eigenvalue weighted by atomic mass is 10.2. The first-order valence-electron chi connectivity index (χ1n) is 6.50. The van der Waals surface area contributed by atoms with Crippen molar-refractivity contribution < 1.29 is 17.2 Å². The van der Waals surface area contributed by atoms with Crippen LogP contribution >= 0.6 is 0 Å². The van der Waals surface area contributed by atoms with Crippen LogP contribution in [0.25, 0.3) is 0 Å². The van der Waals surface area contributed by atoms with Gasteiger partial charge in [0.25, 0.3) is 0 Å². The zero-order chi connectivity index (χ0) is 15.2. The second-order valence-corrected chi connectivity index (χ2v) is 6.35. The van der Waals surface area contributed by atoms with Gasteiger partial charge in [0.15, 0.2) is 0 Å². The van der Waals surface area contributed by atoms with Crippen LogP contribution in [0.5, 0.6) is 0 Å². The highest BCUT2D eigenvalue weighted by Crippen LogP contribution is 2.22. The number of hydrogen-bond acceptors (Lipinski definition) is 4. The summed E-state index contributed by atoms with van der Waals surface area (Å²) in [6.07, 6.45) is 2.01. The number of unbranched alkanes of at least 4 members (excludes halogenated alkanes) is 1. The number of rotatable bonds is 8. The lowest BCUT2D eigenvalue weighted by molar-refractivity contribution is 0.234. The van der Waals surface area contributed by atoms with E-state index in [4.69, 9.17) is 5.73 Å². The molecule has 0 aliphatic carbocycles. The van der Waals surface area contributed by atoms with Gasteiger partial charge in [-0.2, -0.15) is 8.78 Å². The third kappa shape index (κ3) is 4.14. The molecule has 0 saturated heterocycles. The third-order valence-corrected chi connectivity index (χ3v) is 4.34. The van der Waals surface area contributed by atoms with Crippen LogP contribution < -0.4 is 10.6 Å². The minimum absolute atomic E-state index is 0.362. The van der Waals surface area contributed by atoms with E-state index in [0.29, 0.717) is 13.1 Å². The molecule has 20 heavy (non-hydrogen) atoms. The Hall–Kier alpha value is -1.21. The summed E-state index contributed by atoms with van der Waals surface area (Å²) >= 11 is 0. The minimum Gasteiger partial charge on any atom is -0.370 e. The average Bonchev–Trinajstić information content (AvgIpc) is 2.43. The summed E-state index contributed by atoms with van der Waals surface area (Å²) in [5.74, 6) is -3.39. The number of anilines is 1. The van der Waals surface area contributed by atoms with Gasteiger partial charge < -0.3 is 10.6 Å². The van der Waals surface area contributed by atoms with E-state index < -0.39 is 15.6 Å². The molecule has 0 amide bonds. The zero-order valence-electron chi connectivity index (χ0n) is 11.4. The molecule has 1 rings (SSSR count). The van der Waals surface area contributed by atoms with E-state index in [9.17, 15) is 17.2 Å². The van der Waals surface area contributed by atoms with Gasteiger partial charge >= 0.3 is 5.76 Å².